The first-order valence-electron chi connectivity index (χ1n) is 5.28. The Morgan fingerprint density at radius 2 is 2.05 bits per heavy atom. The summed E-state index contributed by atoms with van der Waals surface area (Å²) in [5.74, 6) is -0.266. The number of halogens is 1. The molecule has 1 heterocycles. The quantitative estimate of drug-likeness (QED) is 0.490. The van der Waals surface area contributed by atoms with Gasteiger partial charge in [-0.05, 0) is 18.2 Å². The van der Waals surface area contributed by atoms with Crippen LogP contribution in [-0.4, -0.2) is 30.0 Å². The van der Waals surface area contributed by atoms with Crippen LogP contribution in [0.3, 0.4) is 0 Å². The summed E-state index contributed by atoms with van der Waals surface area (Å²) in [5.41, 5.74) is -0.163. The lowest BCUT2D eigenvalue weighted by Crippen LogP contribution is -2.09. The first-order chi connectivity index (χ1) is 8.97. The lowest BCUT2D eigenvalue weighted by Gasteiger charge is -2.06. The van der Waals surface area contributed by atoms with Gasteiger partial charge >= 0.3 is 0 Å². The number of fused-ring (bicyclic) bond motifs is 1. The number of benzene rings is 1. The zero-order chi connectivity index (χ0) is 14.0. The van der Waals surface area contributed by atoms with E-state index in [0.717, 1.165) is 6.07 Å². The molecule has 0 radical (unpaired) electrons. The molecule has 0 saturated heterocycles. The van der Waals surface area contributed by atoms with Crippen molar-refractivity contribution in [2.75, 3.05) is 11.6 Å². The number of hydrogen-bond acceptors (Lipinski definition) is 5. The van der Waals surface area contributed by atoms with E-state index in [-0.39, 0.29) is 33.1 Å². The molecule has 0 atom stereocenters. The van der Waals surface area contributed by atoms with Crippen molar-refractivity contribution in [1.29, 1.82) is 0 Å². The Bertz CT molecular complexity index is 745. The van der Waals surface area contributed by atoms with Crippen LogP contribution >= 0.6 is 11.6 Å². The minimum Gasteiger partial charge on any atom is -0.258 e. The molecule has 0 saturated carbocycles. The van der Waals surface area contributed by atoms with E-state index in [2.05, 4.69) is 4.98 Å². The maximum atomic E-state index is 12.0. The Morgan fingerprint density at radius 3 is 2.68 bits per heavy atom. The van der Waals surface area contributed by atoms with Crippen LogP contribution in [0, 0.1) is 10.1 Å². The van der Waals surface area contributed by atoms with Crippen LogP contribution in [0.5, 0.6) is 0 Å². The van der Waals surface area contributed by atoms with Gasteiger partial charge in [-0.1, -0.05) is 0 Å². The highest BCUT2D eigenvalue weighted by atomic mass is 35.5. The van der Waals surface area contributed by atoms with E-state index in [0.29, 0.717) is 0 Å². The van der Waals surface area contributed by atoms with E-state index in [1.165, 1.54) is 24.4 Å². The van der Waals surface area contributed by atoms with Crippen molar-refractivity contribution in [2.45, 2.75) is 4.90 Å². The van der Waals surface area contributed by atoms with Crippen LogP contribution in [0.4, 0.5) is 5.69 Å². The number of nitrogens with zero attached hydrogens (tertiary/aromatic N) is 2. The van der Waals surface area contributed by atoms with Crippen LogP contribution in [0.15, 0.2) is 35.4 Å². The number of nitro groups is 1. The van der Waals surface area contributed by atoms with Gasteiger partial charge in [0.05, 0.1) is 15.6 Å². The number of aromatic nitrogens is 1. The molecule has 0 aliphatic carbocycles. The van der Waals surface area contributed by atoms with Gasteiger partial charge in [0.2, 0.25) is 0 Å². The zero-order valence-electron chi connectivity index (χ0n) is 9.61. The van der Waals surface area contributed by atoms with Gasteiger partial charge in [-0.15, -0.1) is 11.6 Å². The first kappa shape index (κ1) is 13.7. The molecule has 1 aromatic carbocycles. The van der Waals surface area contributed by atoms with E-state index < -0.39 is 14.8 Å². The summed E-state index contributed by atoms with van der Waals surface area (Å²) in [6, 6.07) is 5.41. The van der Waals surface area contributed by atoms with Crippen LogP contribution < -0.4 is 0 Å². The molecule has 2 rings (SSSR count). The number of rotatable bonds is 4. The number of pyridine rings is 1. The smallest absolute Gasteiger partial charge is 0.258 e. The number of sulfone groups is 1. The average molecular weight is 301 g/mol. The fourth-order valence-corrected chi connectivity index (χ4v) is 3.57. The Hall–Kier alpha value is -1.73. The number of nitro benzene ring substituents is 1. The second kappa shape index (κ2) is 5.10. The molecule has 0 amide bonds. The van der Waals surface area contributed by atoms with Gasteiger partial charge in [-0.25, -0.2) is 13.4 Å². The van der Waals surface area contributed by atoms with Gasteiger partial charge in [0, 0.05) is 23.5 Å². The van der Waals surface area contributed by atoms with Crippen molar-refractivity contribution in [3.8, 4) is 0 Å². The standard InChI is InChI=1S/C11H9ClN2O4S/c12-5-7-19(17,18)10-4-3-9(14(15)16)11-8(10)2-1-6-13-11/h1-4,6H,5,7H2. The molecule has 0 unspecified atom stereocenters. The van der Waals surface area contributed by atoms with Gasteiger partial charge in [0.15, 0.2) is 9.84 Å². The molecule has 0 aliphatic heterocycles. The Kier molecular flexibility index (Phi) is 3.68. The highest BCUT2D eigenvalue weighted by Crippen LogP contribution is 2.29. The third-order valence-corrected chi connectivity index (χ3v) is 4.77. The van der Waals surface area contributed by atoms with Crippen molar-refractivity contribution in [2.24, 2.45) is 0 Å². The highest BCUT2D eigenvalue weighted by Gasteiger charge is 2.22. The molecule has 0 aliphatic rings. The van der Waals surface area contributed by atoms with E-state index in [9.17, 15) is 18.5 Å². The van der Waals surface area contributed by atoms with Crippen molar-refractivity contribution in [3.05, 3.63) is 40.6 Å². The summed E-state index contributed by atoms with van der Waals surface area (Å²) in [5, 5.41) is 11.1. The predicted octanol–water partition coefficient (Wildman–Crippen LogP) is 2.16. The fraction of sp³-hybridized carbons (Fsp3) is 0.182. The molecule has 0 bridgehead atoms. The van der Waals surface area contributed by atoms with Gasteiger partial charge in [-0.3, -0.25) is 10.1 Å². The van der Waals surface area contributed by atoms with Crippen LogP contribution in [0.25, 0.3) is 10.9 Å². The van der Waals surface area contributed by atoms with Crippen molar-refractivity contribution in [1.82, 2.24) is 4.98 Å². The molecule has 100 valence electrons. The molecule has 0 fully saturated rings. The van der Waals surface area contributed by atoms with Crippen molar-refractivity contribution < 1.29 is 13.3 Å². The maximum absolute atomic E-state index is 12.0. The molecular weight excluding hydrogens is 292 g/mol. The highest BCUT2D eigenvalue weighted by molar-refractivity contribution is 7.91. The van der Waals surface area contributed by atoms with Crippen molar-refractivity contribution >= 4 is 38.0 Å². The van der Waals surface area contributed by atoms with Crippen LogP contribution in [0.1, 0.15) is 0 Å². The second-order valence-electron chi connectivity index (χ2n) is 3.75. The summed E-state index contributed by atoms with van der Waals surface area (Å²) in [6.45, 7) is 0. The molecule has 6 nitrogen and oxygen atoms in total. The summed E-state index contributed by atoms with van der Waals surface area (Å²) >= 11 is 5.47. The van der Waals surface area contributed by atoms with E-state index in [1.807, 2.05) is 0 Å². The molecule has 8 heteroatoms. The molecule has 2 aromatic rings. The van der Waals surface area contributed by atoms with Crippen LogP contribution in [0.2, 0.25) is 0 Å². The SMILES string of the molecule is O=[N+]([O-])c1ccc(S(=O)(=O)CCCl)c2cccnc12. The third kappa shape index (κ3) is 2.52. The summed E-state index contributed by atoms with van der Waals surface area (Å²) < 4.78 is 24.1. The minimum absolute atomic E-state index is 0.0156. The Morgan fingerprint density at radius 1 is 1.32 bits per heavy atom. The van der Waals surface area contributed by atoms with Crippen LogP contribution in [-0.2, 0) is 9.84 Å². The molecule has 1 aromatic heterocycles. The maximum Gasteiger partial charge on any atom is 0.295 e. The molecule has 19 heavy (non-hydrogen) atoms. The normalized spacial score (nSPS) is 11.6. The lowest BCUT2D eigenvalue weighted by molar-refractivity contribution is -0.383. The zero-order valence-corrected chi connectivity index (χ0v) is 11.2. The molecule has 0 spiro atoms. The number of alkyl halides is 1. The largest absolute Gasteiger partial charge is 0.295 e. The summed E-state index contributed by atoms with van der Waals surface area (Å²) in [6.07, 6.45) is 1.38. The minimum atomic E-state index is -3.57. The second-order valence-corrected chi connectivity index (χ2v) is 6.20. The van der Waals surface area contributed by atoms with Gasteiger partial charge in [0.1, 0.15) is 5.52 Å². The van der Waals surface area contributed by atoms with E-state index in [1.54, 1.807) is 0 Å². The number of non-ortho nitro benzene ring substituents is 1. The first-order valence-corrected chi connectivity index (χ1v) is 7.47. The monoisotopic (exact) mass is 300 g/mol. The lowest BCUT2D eigenvalue weighted by atomic mass is 10.2. The Balaban J connectivity index is 2.80. The summed E-state index contributed by atoms with van der Waals surface area (Å²) in [4.78, 5) is 14.2. The van der Waals surface area contributed by atoms with E-state index >= 15 is 0 Å². The number of hydrogen-bond donors (Lipinski definition) is 0. The third-order valence-electron chi connectivity index (χ3n) is 2.59. The van der Waals surface area contributed by atoms with Gasteiger partial charge < -0.3 is 0 Å². The van der Waals surface area contributed by atoms with E-state index in [4.69, 9.17) is 11.6 Å². The van der Waals surface area contributed by atoms with Gasteiger partial charge in [-0.2, -0.15) is 0 Å². The Labute approximate surface area is 114 Å². The van der Waals surface area contributed by atoms with Crippen molar-refractivity contribution in [3.63, 3.8) is 0 Å². The average Bonchev–Trinajstić information content (AvgIpc) is 2.37. The molecular formula is C11H9ClN2O4S. The molecule has 0 N–H and O–H groups in total. The predicted molar refractivity (Wildman–Crippen MR) is 71.2 cm³/mol. The summed E-state index contributed by atoms with van der Waals surface area (Å²) in [7, 11) is -3.57. The topological polar surface area (TPSA) is 90.2 Å². The fourth-order valence-electron chi connectivity index (χ4n) is 1.76. The van der Waals surface area contributed by atoms with Gasteiger partial charge in [0.25, 0.3) is 5.69 Å².